The Morgan fingerprint density at radius 1 is 0.955 bits per heavy atom. The molecule has 0 unspecified atom stereocenters. The number of aromatic nitrogens is 4. The van der Waals surface area contributed by atoms with Crippen molar-refractivity contribution in [2.24, 2.45) is 4.99 Å². The molecule has 0 aliphatic carbocycles. The molecule has 18 heteroatoms. The van der Waals surface area contributed by atoms with Crippen LogP contribution in [0.3, 0.4) is 0 Å². The van der Waals surface area contributed by atoms with Gasteiger partial charge in [0.2, 0.25) is 0 Å². The Balaban J connectivity index is 1.33. The molecular formula is C48H65FN8O6S2Si. The van der Waals surface area contributed by atoms with Crippen molar-refractivity contribution in [2.75, 3.05) is 66.0 Å². The first-order valence-corrected chi connectivity index (χ1v) is 27.6. The highest BCUT2D eigenvalue weighted by Crippen LogP contribution is 2.34. The number of fused-ring (bicyclic) bond motifs is 1. The van der Waals surface area contributed by atoms with Crippen LogP contribution in [0.1, 0.15) is 72.9 Å². The van der Waals surface area contributed by atoms with Crippen LogP contribution >= 0.6 is 22.7 Å². The van der Waals surface area contributed by atoms with Crippen LogP contribution in [0, 0.1) is 24.6 Å². The number of halogens is 1. The van der Waals surface area contributed by atoms with Crippen molar-refractivity contribution in [3.05, 3.63) is 80.8 Å². The smallest absolute Gasteiger partial charge is 0.410 e. The first-order chi connectivity index (χ1) is 31.3. The zero-order chi connectivity index (χ0) is 48.0. The summed E-state index contributed by atoms with van der Waals surface area (Å²) >= 11 is 2.98. The molecule has 356 valence electrons. The first kappa shape index (κ1) is 51.8. The molecule has 0 saturated heterocycles. The molecule has 66 heavy (non-hydrogen) atoms. The largest absolute Gasteiger partial charge is 0.491 e. The molecule has 0 N–H and O–H groups in total. The van der Waals surface area contributed by atoms with Crippen molar-refractivity contribution in [1.29, 1.82) is 0 Å². The molecule has 0 bridgehead atoms. The van der Waals surface area contributed by atoms with E-state index in [1.165, 1.54) is 35.5 Å². The number of amides is 1. The monoisotopic (exact) mass is 960 g/mol. The number of carbonyl (C=O) groups excluding carboxylic acids is 2. The number of hydrogen-bond acceptors (Lipinski definition) is 14. The number of anilines is 2. The lowest BCUT2D eigenvalue weighted by Gasteiger charge is -2.23. The van der Waals surface area contributed by atoms with Crippen LogP contribution in [0.2, 0.25) is 25.7 Å². The summed E-state index contributed by atoms with van der Waals surface area (Å²) in [7, 11) is 5.81. The maximum Gasteiger partial charge on any atom is 0.410 e. The number of para-hydroxylation sites is 1. The summed E-state index contributed by atoms with van der Waals surface area (Å²) in [6.07, 6.45) is 3.29. The molecule has 0 aliphatic heterocycles. The molecule has 0 aliphatic rings. The lowest BCUT2D eigenvalue weighted by atomic mass is 10.2. The standard InChI is InChI=1S/C48H65FN8O6S2Si/c1-34-31-41(52-53-43(34)51-46-57(33-61-29-30-66(9,10)11)37-20-13-14-21-39(37)64-46)56(27-16-12-15-25-54(5)6)45-50-42(44(58)60-8)40(65-45)22-18-28-62-38-24-23-35(32-36(38)49)19-17-26-55(7)47(59)63-48(2,3)4/h13-14,20-21,23-24,31-32H,12,15-16,18,22,25-30,33H2,1-11H3/b51-46-. The van der Waals surface area contributed by atoms with Gasteiger partial charge in [-0.1, -0.05) is 61.4 Å². The third-order valence-corrected chi connectivity index (χ3v) is 13.9. The second kappa shape index (κ2) is 24.0. The Labute approximate surface area is 397 Å². The minimum absolute atomic E-state index is 0.0853. The zero-order valence-electron chi connectivity index (χ0n) is 40.3. The van der Waals surface area contributed by atoms with Gasteiger partial charge in [-0.3, -0.25) is 4.57 Å². The van der Waals surface area contributed by atoms with Crippen LogP contribution in [0.25, 0.3) is 10.2 Å². The number of nitrogens with zero attached hydrogens (tertiary/aromatic N) is 8. The second-order valence-corrected chi connectivity index (χ2v) is 26.2. The van der Waals surface area contributed by atoms with Gasteiger partial charge in [-0.25, -0.2) is 19.0 Å². The first-order valence-electron chi connectivity index (χ1n) is 22.2. The van der Waals surface area contributed by atoms with Gasteiger partial charge in [0.05, 0.1) is 30.5 Å². The van der Waals surface area contributed by atoms with E-state index < -0.39 is 31.6 Å². The fraction of sp³-hybridized carbons (Fsp3) is 0.500. The number of methoxy groups -OCH3 is 1. The topological polar surface area (TPSA) is 137 Å². The zero-order valence-corrected chi connectivity index (χ0v) is 43.0. The summed E-state index contributed by atoms with van der Waals surface area (Å²) in [5.41, 5.74) is 1.94. The maximum absolute atomic E-state index is 15.1. The molecule has 0 saturated carbocycles. The molecule has 5 rings (SSSR count). The molecule has 0 radical (unpaired) electrons. The van der Waals surface area contributed by atoms with Crippen LogP contribution in [0.4, 0.5) is 26.0 Å². The third kappa shape index (κ3) is 15.7. The van der Waals surface area contributed by atoms with Gasteiger partial charge in [0.15, 0.2) is 38.8 Å². The lowest BCUT2D eigenvalue weighted by molar-refractivity contribution is 0.0320. The quantitative estimate of drug-likeness (QED) is 0.0301. The van der Waals surface area contributed by atoms with Gasteiger partial charge in [0.1, 0.15) is 12.3 Å². The van der Waals surface area contributed by atoms with E-state index in [9.17, 15) is 9.59 Å². The Kier molecular flexibility index (Phi) is 18.8. The van der Waals surface area contributed by atoms with Crippen LogP contribution in [0.5, 0.6) is 5.75 Å². The van der Waals surface area contributed by atoms with Gasteiger partial charge in [0.25, 0.3) is 0 Å². The van der Waals surface area contributed by atoms with E-state index >= 15 is 4.39 Å². The Morgan fingerprint density at radius 3 is 2.41 bits per heavy atom. The summed E-state index contributed by atoms with van der Waals surface area (Å²) in [6.45, 7) is 17.3. The van der Waals surface area contributed by atoms with Crippen LogP contribution in [0.15, 0.2) is 53.5 Å². The highest BCUT2D eigenvalue weighted by Gasteiger charge is 2.25. The molecule has 14 nitrogen and oxygen atoms in total. The Bertz CT molecular complexity index is 2550. The Morgan fingerprint density at radius 2 is 1.71 bits per heavy atom. The third-order valence-electron chi connectivity index (χ3n) is 10.0. The number of aryl methyl sites for hydroxylation is 2. The van der Waals surface area contributed by atoms with Gasteiger partial charge < -0.3 is 33.6 Å². The van der Waals surface area contributed by atoms with Gasteiger partial charge >= 0.3 is 12.1 Å². The summed E-state index contributed by atoms with van der Waals surface area (Å²) < 4.78 is 40.8. The summed E-state index contributed by atoms with van der Waals surface area (Å²) in [6, 6.07) is 15.7. The molecular weight excluding hydrogens is 896 g/mol. The van der Waals surface area contributed by atoms with E-state index in [2.05, 4.69) is 72.3 Å². The van der Waals surface area contributed by atoms with Crippen LogP contribution < -0.4 is 14.4 Å². The van der Waals surface area contributed by atoms with Gasteiger partial charge in [0, 0.05) is 38.7 Å². The van der Waals surface area contributed by atoms with Crippen molar-refractivity contribution >= 4 is 69.8 Å². The molecule has 2 aromatic carbocycles. The molecule has 1 amide bonds. The van der Waals surface area contributed by atoms with E-state index in [1.54, 1.807) is 45.2 Å². The minimum Gasteiger partial charge on any atom is -0.491 e. The molecule has 3 aromatic heterocycles. The molecule has 0 fully saturated rings. The van der Waals surface area contributed by atoms with Crippen LogP contribution in [-0.2, 0) is 27.4 Å². The number of carbonyl (C=O) groups is 2. The fourth-order valence-electron chi connectivity index (χ4n) is 6.40. The number of esters is 1. The number of unbranched alkanes of at least 4 members (excludes halogenated alkanes) is 2. The highest BCUT2D eigenvalue weighted by molar-refractivity contribution is 7.16. The number of hydrogen-bond donors (Lipinski definition) is 0. The Hall–Kier alpha value is -5.19. The predicted molar refractivity (Wildman–Crippen MR) is 265 cm³/mol. The SMILES string of the molecule is COC(=O)c1nc(N(CCCCCN(C)C)c2cc(C)c(/N=c3\sc4ccccc4n3COCC[Si](C)(C)C)nn2)sc1CCCOc1ccc(C#CCN(C)C(=O)OC(C)(C)C)cc1F. The second-order valence-electron chi connectivity index (χ2n) is 18.5. The van der Waals surface area contributed by atoms with Crippen molar-refractivity contribution in [2.45, 2.75) is 97.8 Å². The average Bonchev–Trinajstić information content (AvgIpc) is 3.83. The highest BCUT2D eigenvalue weighted by atomic mass is 32.1. The van der Waals surface area contributed by atoms with E-state index in [-0.39, 0.29) is 24.6 Å². The van der Waals surface area contributed by atoms with E-state index in [4.69, 9.17) is 34.0 Å². The van der Waals surface area contributed by atoms with Crippen molar-refractivity contribution in [1.82, 2.24) is 29.5 Å². The predicted octanol–water partition coefficient (Wildman–Crippen LogP) is 9.83. The molecule has 5 aromatic rings. The number of ether oxygens (including phenoxy) is 4. The number of rotatable bonds is 21. The van der Waals surface area contributed by atoms with E-state index in [0.29, 0.717) is 55.1 Å². The summed E-state index contributed by atoms with van der Waals surface area (Å²) in [5, 5.41) is 9.95. The van der Waals surface area contributed by atoms with Gasteiger partial charge in [-0.05, 0) is 122 Å². The van der Waals surface area contributed by atoms with E-state index in [0.717, 1.165) is 57.3 Å². The number of benzene rings is 2. The molecule has 0 spiro atoms. The minimum atomic E-state index is -1.25. The van der Waals surface area contributed by atoms with Crippen molar-refractivity contribution in [3.8, 4) is 17.6 Å². The fourth-order valence-corrected chi connectivity index (χ4v) is 9.30. The number of thiazole rings is 2. The summed E-state index contributed by atoms with van der Waals surface area (Å²) in [5.74, 6) is 5.85. The van der Waals surface area contributed by atoms with Crippen molar-refractivity contribution < 1.29 is 32.9 Å². The van der Waals surface area contributed by atoms with Crippen molar-refractivity contribution in [3.63, 3.8) is 0 Å². The van der Waals surface area contributed by atoms with Gasteiger partial charge in [-0.15, -0.1) is 21.5 Å². The van der Waals surface area contributed by atoms with E-state index in [1.807, 2.05) is 30.0 Å². The maximum atomic E-state index is 15.1. The molecule has 3 heterocycles. The normalized spacial score (nSPS) is 12.0. The lowest BCUT2D eigenvalue weighted by Crippen LogP contribution is -2.34. The van der Waals surface area contributed by atoms with Gasteiger partial charge in [-0.2, -0.15) is 4.99 Å². The summed E-state index contributed by atoms with van der Waals surface area (Å²) in [4.78, 5) is 42.2. The van der Waals surface area contributed by atoms with Crippen LogP contribution in [-0.4, -0.2) is 116 Å². The molecule has 0 atom stereocenters. The average molecular weight is 961 g/mol.